The third kappa shape index (κ3) is 4.00. The summed E-state index contributed by atoms with van der Waals surface area (Å²) in [5.74, 6) is 0.606. The molecule has 0 aliphatic rings. The topological polar surface area (TPSA) is 75.9 Å². The number of nitrogens with one attached hydrogen (secondary N) is 2. The van der Waals surface area contributed by atoms with Gasteiger partial charge in [-0.05, 0) is 20.4 Å². The summed E-state index contributed by atoms with van der Waals surface area (Å²) >= 11 is 1.67. The first-order valence-corrected chi connectivity index (χ1v) is 7.28. The number of anilines is 1. The first kappa shape index (κ1) is 14.0. The summed E-state index contributed by atoms with van der Waals surface area (Å²) in [6.45, 7) is 7.65. The van der Waals surface area contributed by atoms with E-state index in [1.807, 2.05) is 20.8 Å². The molecule has 0 bridgehead atoms. The van der Waals surface area contributed by atoms with Crippen molar-refractivity contribution in [3.8, 4) is 0 Å². The van der Waals surface area contributed by atoms with E-state index in [4.69, 9.17) is 4.42 Å². The first-order chi connectivity index (χ1) is 9.19. The highest BCUT2D eigenvalue weighted by atomic mass is 32.1. The lowest BCUT2D eigenvalue weighted by atomic mass is 10.3. The molecule has 2 rings (SSSR count). The maximum absolute atomic E-state index is 5.53. The Labute approximate surface area is 116 Å². The molecule has 0 aliphatic carbocycles. The molecule has 0 spiro atoms. The molecule has 0 aliphatic heterocycles. The van der Waals surface area contributed by atoms with Crippen molar-refractivity contribution in [1.82, 2.24) is 20.5 Å². The number of rotatable bonds is 7. The quantitative estimate of drug-likeness (QED) is 0.810. The van der Waals surface area contributed by atoms with Crippen LogP contribution in [0.25, 0.3) is 0 Å². The predicted molar refractivity (Wildman–Crippen MR) is 75.4 cm³/mol. The third-order valence-electron chi connectivity index (χ3n) is 2.60. The van der Waals surface area contributed by atoms with Gasteiger partial charge in [-0.15, -0.1) is 16.4 Å². The third-order valence-corrected chi connectivity index (χ3v) is 3.63. The van der Waals surface area contributed by atoms with E-state index >= 15 is 0 Å². The van der Waals surface area contributed by atoms with E-state index in [0.717, 1.165) is 30.2 Å². The largest absolute Gasteiger partial charge is 0.406 e. The molecule has 1 atom stereocenters. The second-order valence-corrected chi connectivity index (χ2v) is 5.23. The molecule has 0 aromatic carbocycles. The van der Waals surface area contributed by atoms with E-state index in [2.05, 4.69) is 31.2 Å². The van der Waals surface area contributed by atoms with Gasteiger partial charge in [0.15, 0.2) is 0 Å². The fraction of sp³-hybridized carbons (Fsp3) is 0.583. The molecule has 2 N–H and O–H groups in total. The second-order valence-electron chi connectivity index (χ2n) is 4.28. The van der Waals surface area contributed by atoms with Crippen molar-refractivity contribution in [2.24, 2.45) is 0 Å². The van der Waals surface area contributed by atoms with E-state index in [1.54, 1.807) is 11.3 Å². The van der Waals surface area contributed by atoms with Crippen LogP contribution in [-0.2, 0) is 6.42 Å². The number of aromatic nitrogens is 3. The highest BCUT2D eigenvalue weighted by Crippen LogP contribution is 2.14. The van der Waals surface area contributed by atoms with Crippen molar-refractivity contribution in [1.29, 1.82) is 0 Å². The molecule has 7 heteroatoms. The van der Waals surface area contributed by atoms with E-state index in [-0.39, 0.29) is 6.04 Å². The van der Waals surface area contributed by atoms with E-state index in [9.17, 15) is 0 Å². The number of thiazole rings is 1. The zero-order valence-electron chi connectivity index (χ0n) is 11.4. The van der Waals surface area contributed by atoms with Crippen LogP contribution in [0.4, 0.5) is 6.01 Å². The molecule has 0 fully saturated rings. The lowest BCUT2D eigenvalue weighted by molar-refractivity contribution is 0.429. The van der Waals surface area contributed by atoms with Crippen LogP contribution in [0.5, 0.6) is 0 Å². The van der Waals surface area contributed by atoms with Crippen molar-refractivity contribution in [3.63, 3.8) is 0 Å². The van der Waals surface area contributed by atoms with Crippen molar-refractivity contribution >= 4 is 17.4 Å². The van der Waals surface area contributed by atoms with Gasteiger partial charge in [0.05, 0.1) is 11.0 Å². The van der Waals surface area contributed by atoms with Crippen molar-refractivity contribution in [2.75, 3.05) is 18.4 Å². The predicted octanol–water partition coefficient (Wildman–Crippen LogP) is 2.16. The average molecular weight is 281 g/mol. The molecular weight excluding hydrogens is 262 g/mol. The molecule has 2 aromatic rings. The number of hydrogen-bond donors (Lipinski definition) is 2. The summed E-state index contributed by atoms with van der Waals surface area (Å²) in [5.41, 5.74) is 1.07. The van der Waals surface area contributed by atoms with Gasteiger partial charge in [0, 0.05) is 24.0 Å². The Morgan fingerprint density at radius 2 is 2.26 bits per heavy atom. The number of hydrogen-bond acceptors (Lipinski definition) is 7. The molecule has 104 valence electrons. The molecule has 0 saturated heterocycles. The zero-order chi connectivity index (χ0) is 13.7. The van der Waals surface area contributed by atoms with E-state index in [1.165, 1.54) is 0 Å². The maximum atomic E-state index is 5.53. The normalized spacial score (nSPS) is 12.6. The van der Waals surface area contributed by atoms with Gasteiger partial charge in [-0.1, -0.05) is 12.0 Å². The second kappa shape index (κ2) is 6.63. The Balaban J connectivity index is 1.80. The van der Waals surface area contributed by atoms with Crippen LogP contribution < -0.4 is 10.6 Å². The van der Waals surface area contributed by atoms with Gasteiger partial charge in [0.2, 0.25) is 5.89 Å². The molecule has 0 saturated carbocycles. The van der Waals surface area contributed by atoms with Crippen molar-refractivity contribution in [2.45, 2.75) is 33.2 Å². The van der Waals surface area contributed by atoms with E-state index in [0.29, 0.717) is 11.9 Å². The Hall–Kier alpha value is -1.47. The van der Waals surface area contributed by atoms with Gasteiger partial charge >= 0.3 is 6.01 Å². The zero-order valence-corrected chi connectivity index (χ0v) is 12.3. The fourth-order valence-electron chi connectivity index (χ4n) is 1.67. The van der Waals surface area contributed by atoms with Crippen molar-refractivity contribution in [3.05, 3.63) is 22.0 Å². The van der Waals surface area contributed by atoms with Crippen molar-refractivity contribution < 1.29 is 4.42 Å². The molecule has 2 heterocycles. The molecule has 2 aromatic heterocycles. The van der Waals surface area contributed by atoms with Gasteiger partial charge in [-0.2, -0.15) is 0 Å². The van der Waals surface area contributed by atoms with Crippen LogP contribution in [0.2, 0.25) is 0 Å². The number of nitrogens with zero attached hydrogens (tertiary/aromatic N) is 3. The highest BCUT2D eigenvalue weighted by Gasteiger charge is 2.12. The summed E-state index contributed by atoms with van der Waals surface area (Å²) in [6.07, 6.45) is 0.860. The van der Waals surface area contributed by atoms with Gasteiger partial charge in [-0.3, -0.25) is 0 Å². The van der Waals surface area contributed by atoms with Gasteiger partial charge in [0.1, 0.15) is 0 Å². The Bertz CT molecular complexity index is 510. The Morgan fingerprint density at radius 1 is 1.42 bits per heavy atom. The summed E-state index contributed by atoms with van der Waals surface area (Å²) < 4.78 is 5.53. The minimum absolute atomic E-state index is 0.0784. The van der Waals surface area contributed by atoms with Crippen LogP contribution >= 0.6 is 11.3 Å². The van der Waals surface area contributed by atoms with Gasteiger partial charge < -0.3 is 15.1 Å². The fourth-order valence-corrected chi connectivity index (χ4v) is 2.44. The lowest BCUT2D eigenvalue weighted by Gasteiger charge is -2.05. The summed E-state index contributed by atoms with van der Waals surface area (Å²) in [6, 6.07) is 0.544. The molecule has 0 radical (unpaired) electrons. The first-order valence-electron chi connectivity index (χ1n) is 6.40. The Morgan fingerprint density at radius 3 is 2.95 bits per heavy atom. The number of aryl methyl sites for hydroxylation is 1. The SMILES string of the molecule is CCNC(C)c1nnc(NCCc2nc(C)cs2)o1. The van der Waals surface area contributed by atoms with Gasteiger partial charge in [0.25, 0.3) is 0 Å². The average Bonchev–Trinajstić information content (AvgIpc) is 2.99. The highest BCUT2D eigenvalue weighted by molar-refractivity contribution is 7.09. The van der Waals surface area contributed by atoms with E-state index < -0.39 is 0 Å². The lowest BCUT2D eigenvalue weighted by Crippen LogP contribution is -2.17. The van der Waals surface area contributed by atoms with Crippen LogP contribution in [0.1, 0.15) is 36.5 Å². The molecule has 1 unspecified atom stereocenters. The maximum Gasteiger partial charge on any atom is 0.315 e. The molecule has 6 nitrogen and oxygen atoms in total. The van der Waals surface area contributed by atoms with Crippen LogP contribution in [-0.4, -0.2) is 28.3 Å². The van der Waals surface area contributed by atoms with Crippen LogP contribution in [0.3, 0.4) is 0 Å². The minimum atomic E-state index is 0.0784. The summed E-state index contributed by atoms with van der Waals surface area (Å²) in [7, 11) is 0. The monoisotopic (exact) mass is 281 g/mol. The Kier molecular flexibility index (Phi) is 4.86. The smallest absolute Gasteiger partial charge is 0.315 e. The summed E-state index contributed by atoms with van der Waals surface area (Å²) in [4.78, 5) is 4.40. The van der Waals surface area contributed by atoms with Gasteiger partial charge in [-0.25, -0.2) is 4.98 Å². The molecule has 0 amide bonds. The van der Waals surface area contributed by atoms with Crippen LogP contribution in [0.15, 0.2) is 9.80 Å². The van der Waals surface area contributed by atoms with Crippen LogP contribution in [0, 0.1) is 6.92 Å². The summed E-state index contributed by atoms with van der Waals surface area (Å²) in [5, 5.41) is 17.5. The molecular formula is C12H19N5OS. The minimum Gasteiger partial charge on any atom is -0.406 e. The standard InChI is InChI=1S/C12H19N5OS/c1-4-13-9(3)11-16-17-12(18-11)14-6-5-10-15-8(2)7-19-10/h7,9,13H,4-6H2,1-3H3,(H,14,17). The molecule has 19 heavy (non-hydrogen) atoms.